The first-order valence-electron chi connectivity index (χ1n) is 6.87. The first kappa shape index (κ1) is 13.4. The molecule has 2 rings (SSSR count). The second kappa shape index (κ2) is 6.23. The van der Waals surface area contributed by atoms with Gasteiger partial charge in [-0.05, 0) is 38.5 Å². The first-order valence-corrected chi connectivity index (χ1v) is 6.87. The van der Waals surface area contributed by atoms with Crippen LogP contribution in [0.3, 0.4) is 0 Å². The molecule has 0 aromatic rings. The lowest BCUT2D eigenvalue weighted by molar-refractivity contribution is -0.137. The molecule has 4 heteroatoms. The maximum Gasteiger partial charge on any atom is 0.337 e. The SMILES string of the molecule is COC(=O)C1=C(O[C@H]2CCCC[C@@H]2O)CCCC1. The molecular formula is C14H22O4. The summed E-state index contributed by atoms with van der Waals surface area (Å²) in [5.74, 6) is 0.467. The van der Waals surface area contributed by atoms with Crippen LogP contribution in [0, 0.1) is 0 Å². The summed E-state index contributed by atoms with van der Waals surface area (Å²) in [4.78, 5) is 11.7. The molecule has 1 saturated carbocycles. The molecule has 2 aliphatic rings. The highest BCUT2D eigenvalue weighted by molar-refractivity contribution is 5.89. The van der Waals surface area contributed by atoms with E-state index >= 15 is 0 Å². The van der Waals surface area contributed by atoms with Gasteiger partial charge in [0.1, 0.15) is 11.9 Å². The van der Waals surface area contributed by atoms with E-state index in [-0.39, 0.29) is 12.1 Å². The number of aliphatic hydroxyl groups is 1. The number of aliphatic hydroxyl groups excluding tert-OH is 1. The standard InChI is InChI=1S/C14H22O4/c1-17-14(16)10-6-2-4-8-12(10)18-13-9-5-3-7-11(13)15/h11,13,15H,2-9H2,1H3/t11-,13-/m0/s1. The van der Waals surface area contributed by atoms with Gasteiger partial charge in [-0.1, -0.05) is 6.42 Å². The molecule has 102 valence electrons. The van der Waals surface area contributed by atoms with E-state index in [0.717, 1.165) is 57.1 Å². The van der Waals surface area contributed by atoms with Crippen molar-refractivity contribution < 1.29 is 19.4 Å². The second-order valence-corrected chi connectivity index (χ2v) is 5.11. The molecule has 0 unspecified atom stereocenters. The summed E-state index contributed by atoms with van der Waals surface area (Å²) < 4.78 is 10.7. The Morgan fingerprint density at radius 1 is 1.17 bits per heavy atom. The maximum atomic E-state index is 11.7. The van der Waals surface area contributed by atoms with Gasteiger partial charge in [-0.2, -0.15) is 0 Å². The van der Waals surface area contributed by atoms with E-state index in [0.29, 0.717) is 5.57 Å². The van der Waals surface area contributed by atoms with Crippen LogP contribution in [0.2, 0.25) is 0 Å². The highest BCUT2D eigenvalue weighted by atomic mass is 16.5. The Bertz CT molecular complexity index is 335. The van der Waals surface area contributed by atoms with Crippen molar-refractivity contribution in [1.29, 1.82) is 0 Å². The Hall–Kier alpha value is -1.03. The average Bonchev–Trinajstić information content (AvgIpc) is 2.41. The molecule has 0 aromatic carbocycles. The highest BCUT2D eigenvalue weighted by Gasteiger charge is 2.28. The summed E-state index contributed by atoms with van der Waals surface area (Å²) in [7, 11) is 1.40. The Morgan fingerprint density at radius 3 is 2.61 bits per heavy atom. The highest BCUT2D eigenvalue weighted by Crippen LogP contribution is 2.31. The molecule has 18 heavy (non-hydrogen) atoms. The van der Waals surface area contributed by atoms with Crippen molar-refractivity contribution in [2.45, 2.75) is 63.6 Å². The van der Waals surface area contributed by atoms with Crippen molar-refractivity contribution in [1.82, 2.24) is 0 Å². The zero-order chi connectivity index (χ0) is 13.0. The predicted octanol–water partition coefficient (Wildman–Crippen LogP) is 2.31. The number of rotatable bonds is 3. The summed E-state index contributed by atoms with van der Waals surface area (Å²) in [6, 6.07) is 0. The third-order valence-corrected chi connectivity index (χ3v) is 3.81. The quantitative estimate of drug-likeness (QED) is 0.785. The van der Waals surface area contributed by atoms with E-state index in [2.05, 4.69) is 0 Å². The van der Waals surface area contributed by atoms with Crippen molar-refractivity contribution in [3.63, 3.8) is 0 Å². The Kier molecular flexibility index (Phi) is 4.64. The van der Waals surface area contributed by atoms with Crippen LogP contribution in [0.4, 0.5) is 0 Å². The van der Waals surface area contributed by atoms with E-state index in [4.69, 9.17) is 9.47 Å². The van der Waals surface area contributed by atoms with Gasteiger partial charge < -0.3 is 14.6 Å². The van der Waals surface area contributed by atoms with Crippen molar-refractivity contribution in [3.05, 3.63) is 11.3 Å². The molecule has 0 radical (unpaired) electrons. The molecule has 0 heterocycles. The van der Waals surface area contributed by atoms with E-state index in [9.17, 15) is 9.90 Å². The number of carbonyl (C=O) groups excluding carboxylic acids is 1. The van der Waals surface area contributed by atoms with Crippen LogP contribution in [0.15, 0.2) is 11.3 Å². The smallest absolute Gasteiger partial charge is 0.337 e. The van der Waals surface area contributed by atoms with E-state index in [1.807, 2.05) is 0 Å². The minimum absolute atomic E-state index is 0.147. The second-order valence-electron chi connectivity index (χ2n) is 5.11. The molecule has 1 fully saturated rings. The monoisotopic (exact) mass is 254 g/mol. The molecule has 1 N–H and O–H groups in total. The number of methoxy groups -OCH3 is 1. The van der Waals surface area contributed by atoms with Crippen LogP contribution >= 0.6 is 0 Å². The summed E-state index contributed by atoms with van der Waals surface area (Å²) in [5.41, 5.74) is 0.668. The zero-order valence-corrected chi connectivity index (χ0v) is 11.0. The summed E-state index contributed by atoms with van der Waals surface area (Å²) in [6.45, 7) is 0. The number of allylic oxidation sites excluding steroid dienone is 1. The van der Waals surface area contributed by atoms with Gasteiger partial charge in [0.05, 0.1) is 18.8 Å². The van der Waals surface area contributed by atoms with Crippen molar-refractivity contribution in [2.24, 2.45) is 0 Å². The lowest BCUT2D eigenvalue weighted by atomic mass is 9.93. The van der Waals surface area contributed by atoms with Crippen LogP contribution in [-0.2, 0) is 14.3 Å². The van der Waals surface area contributed by atoms with Crippen molar-refractivity contribution in [3.8, 4) is 0 Å². The van der Waals surface area contributed by atoms with Gasteiger partial charge >= 0.3 is 5.97 Å². The van der Waals surface area contributed by atoms with Gasteiger partial charge in [0.2, 0.25) is 0 Å². The van der Waals surface area contributed by atoms with Gasteiger partial charge in [0.25, 0.3) is 0 Å². The van der Waals surface area contributed by atoms with Gasteiger partial charge in [-0.3, -0.25) is 0 Å². The Morgan fingerprint density at radius 2 is 1.89 bits per heavy atom. The van der Waals surface area contributed by atoms with Gasteiger partial charge in [0, 0.05) is 6.42 Å². The van der Waals surface area contributed by atoms with Crippen LogP contribution < -0.4 is 0 Å². The topological polar surface area (TPSA) is 55.8 Å². The lowest BCUT2D eigenvalue weighted by Crippen LogP contribution is -2.33. The summed E-state index contributed by atoms with van der Waals surface area (Å²) in [6.07, 6.45) is 6.83. The fourth-order valence-electron chi connectivity index (χ4n) is 2.74. The molecule has 0 spiro atoms. The molecule has 0 saturated heterocycles. The predicted molar refractivity (Wildman–Crippen MR) is 66.9 cm³/mol. The normalized spacial score (nSPS) is 29.0. The molecule has 2 aliphatic carbocycles. The largest absolute Gasteiger partial charge is 0.492 e. The van der Waals surface area contributed by atoms with Crippen LogP contribution in [-0.4, -0.2) is 30.4 Å². The number of hydrogen-bond acceptors (Lipinski definition) is 4. The van der Waals surface area contributed by atoms with Gasteiger partial charge in [-0.15, -0.1) is 0 Å². The summed E-state index contributed by atoms with van der Waals surface area (Å²) >= 11 is 0. The Labute approximate surface area is 108 Å². The zero-order valence-electron chi connectivity index (χ0n) is 11.0. The summed E-state index contributed by atoms with van der Waals surface area (Å²) in [5, 5.41) is 9.92. The molecule has 0 aromatic heterocycles. The van der Waals surface area contributed by atoms with Crippen LogP contribution in [0.25, 0.3) is 0 Å². The number of esters is 1. The minimum Gasteiger partial charge on any atom is -0.492 e. The Balaban J connectivity index is 2.08. The maximum absolute atomic E-state index is 11.7. The third-order valence-electron chi connectivity index (χ3n) is 3.81. The fraction of sp³-hybridized carbons (Fsp3) is 0.786. The van der Waals surface area contributed by atoms with Crippen LogP contribution in [0.5, 0.6) is 0 Å². The van der Waals surface area contributed by atoms with E-state index in [1.165, 1.54) is 7.11 Å². The first-order chi connectivity index (χ1) is 8.72. The number of carbonyl (C=O) groups is 1. The molecule has 4 nitrogen and oxygen atoms in total. The lowest BCUT2D eigenvalue weighted by Gasteiger charge is -2.31. The fourth-order valence-corrected chi connectivity index (χ4v) is 2.74. The van der Waals surface area contributed by atoms with E-state index < -0.39 is 6.10 Å². The third kappa shape index (κ3) is 3.05. The van der Waals surface area contributed by atoms with Crippen LogP contribution in [0.1, 0.15) is 51.4 Å². The van der Waals surface area contributed by atoms with E-state index in [1.54, 1.807) is 0 Å². The van der Waals surface area contributed by atoms with Crippen molar-refractivity contribution >= 4 is 5.97 Å². The van der Waals surface area contributed by atoms with Crippen molar-refractivity contribution in [2.75, 3.05) is 7.11 Å². The number of hydrogen-bond donors (Lipinski definition) is 1. The van der Waals surface area contributed by atoms with Gasteiger partial charge in [-0.25, -0.2) is 4.79 Å². The molecule has 2 atom stereocenters. The number of ether oxygens (including phenoxy) is 2. The molecule has 0 amide bonds. The minimum atomic E-state index is -0.396. The molecule has 0 aliphatic heterocycles. The van der Waals surface area contributed by atoms with Gasteiger partial charge in [0.15, 0.2) is 0 Å². The molecular weight excluding hydrogens is 232 g/mol. The average molecular weight is 254 g/mol. The molecule has 0 bridgehead atoms.